The standard InChI is InChI=1S/C8H23NOSi2/c1-9(11(2,3)4)8-10-12(5,6)7/h8H2,1-7H3. The van der Waals surface area contributed by atoms with Gasteiger partial charge in [0, 0.05) is 0 Å². The van der Waals surface area contributed by atoms with E-state index < -0.39 is 16.6 Å². The van der Waals surface area contributed by atoms with E-state index in [-0.39, 0.29) is 0 Å². The van der Waals surface area contributed by atoms with Gasteiger partial charge >= 0.3 is 0 Å². The van der Waals surface area contributed by atoms with E-state index >= 15 is 0 Å². The van der Waals surface area contributed by atoms with Crippen LogP contribution in [0.15, 0.2) is 0 Å². The minimum atomic E-state index is -1.32. The minimum absolute atomic E-state index is 0.811. The molecular weight excluding hydrogens is 182 g/mol. The summed E-state index contributed by atoms with van der Waals surface area (Å²) in [6.45, 7) is 14.5. The maximum Gasteiger partial charge on any atom is 0.185 e. The van der Waals surface area contributed by atoms with Crippen molar-refractivity contribution in [1.29, 1.82) is 0 Å². The van der Waals surface area contributed by atoms with Gasteiger partial charge in [0.2, 0.25) is 0 Å². The Morgan fingerprint density at radius 1 is 1.00 bits per heavy atom. The molecule has 0 atom stereocenters. The Labute approximate surface area is 79.1 Å². The third kappa shape index (κ3) is 5.94. The zero-order valence-electron chi connectivity index (χ0n) is 9.56. The molecule has 0 fully saturated rings. The Morgan fingerprint density at radius 2 is 1.42 bits per heavy atom. The van der Waals surface area contributed by atoms with E-state index in [1.54, 1.807) is 0 Å². The van der Waals surface area contributed by atoms with Gasteiger partial charge in [0.1, 0.15) is 8.24 Å². The fourth-order valence-corrected chi connectivity index (χ4v) is 1.65. The van der Waals surface area contributed by atoms with Crippen molar-refractivity contribution < 1.29 is 4.43 Å². The molecular formula is C8H23NOSi2. The fourth-order valence-electron chi connectivity index (χ4n) is 0.484. The van der Waals surface area contributed by atoms with E-state index in [9.17, 15) is 0 Å². The largest absolute Gasteiger partial charge is 0.406 e. The molecule has 2 nitrogen and oxygen atoms in total. The van der Waals surface area contributed by atoms with E-state index in [4.69, 9.17) is 4.43 Å². The molecule has 0 heterocycles. The highest BCUT2D eigenvalue weighted by molar-refractivity contribution is 6.73. The maximum atomic E-state index is 5.82. The smallest absolute Gasteiger partial charge is 0.185 e. The zero-order valence-corrected chi connectivity index (χ0v) is 11.6. The van der Waals surface area contributed by atoms with Crippen LogP contribution >= 0.6 is 0 Å². The van der Waals surface area contributed by atoms with Crippen LogP contribution in [0, 0.1) is 0 Å². The molecule has 0 aromatic carbocycles. The second kappa shape index (κ2) is 4.04. The number of rotatable bonds is 4. The Hall–Kier alpha value is 0.354. The molecule has 0 saturated heterocycles. The summed E-state index contributed by atoms with van der Waals surface area (Å²) in [7, 11) is -0.289. The molecule has 0 aliphatic carbocycles. The zero-order chi connectivity index (χ0) is 9.99. The van der Waals surface area contributed by atoms with Crippen LogP contribution in [0.25, 0.3) is 0 Å². The number of nitrogens with zero attached hydrogens (tertiary/aromatic N) is 1. The van der Waals surface area contributed by atoms with Crippen molar-refractivity contribution >= 4 is 16.6 Å². The second-order valence-corrected chi connectivity index (χ2v) is 14.9. The fraction of sp³-hybridized carbons (Fsp3) is 1.00. The summed E-state index contributed by atoms with van der Waals surface area (Å²) >= 11 is 0. The molecule has 0 N–H and O–H groups in total. The van der Waals surface area contributed by atoms with Crippen molar-refractivity contribution in [2.24, 2.45) is 0 Å². The summed E-state index contributed by atoms with van der Waals surface area (Å²) in [5, 5.41) is 0. The van der Waals surface area contributed by atoms with E-state index in [0.29, 0.717) is 0 Å². The van der Waals surface area contributed by atoms with Crippen molar-refractivity contribution in [3.8, 4) is 0 Å². The normalized spacial score (nSPS) is 14.0. The van der Waals surface area contributed by atoms with Crippen LogP contribution in [0.5, 0.6) is 0 Å². The predicted octanol–water partition coefficient (Wildman–Crippen LogP) is 2.56. The summed E-state index contributed by atoms with van der Waals surface area (Å²) in [5.41, 5.74) is 0. The third-order valence-corrected chi connectivity index (χ3v) is 5.25. The van der Waals surface area contributed by atoms with Gasteiger partial charge in [-0.05, 0) is 26.7 Å². The Morgan fingerprint density at radius 3 is 1.67 bits per heavy atom. The summed E-state index contributed by atoms with van der Waals surface area (Å²) in [6, 6.07) is 0. The topological polar surface area (TPSA) is 12.5 Å². The summed E-state index contributed by atoms with van der Waals surface area (Å²) < 4.78 is 8.18. The highest BCUT2D eigenvalue weighted by Gasteiger charge is 2.22. The van der Waals surface area contributed by atoms with E-state index in [1.165, 1.54) is 0 Å². The average molecular weight is 205 g/mol. The van der Waals surface area contributed by atoms with Gasteiger partial charge in [-0.3, -0.25) is 0 Å². The van der Waals surface area contributed by atoms with Gasteiger partial charge in [0.15, 0.2) is 8.32 Å². The molecule has 0 unspecified atom stereocenters. The van der Waals surface area contributed by atoms with E-state index in [2.05, 4.69) is 50.9 Å². The van der Waals surface area contributed by atoms with Crippen LogP contribution < -0.4 is 0 Å². The van der Waals surface area contributed by atoms with Crippen LogP contribution in [-0.2, 0) is 4.43 Å². The highest BCUT2D eigenvalue weighted by atomic mass is 28.4. The van der Waals surface area contributed by atoms with Gasteiger partial charge in [-0.1, -0.05) is 19.6 Å². The van der Waals surface area contributed by atoms with Crippen molar-refractivity contribution in [1.82, 2.24) is 4.57 Å². The minimum Gasteiger partial charge on any atom is -0.406 e. The number of hydrogen-bond acceptors (Lipinski definition) is 2. The van der Waals surface area contributed by atoms with Gasteiger partial charge in [-0.2, -0.15) is 0 Å². The Bertz CT molecular complexity index is 137. The molecule has 0 radical (unpaired) electrons. The Kier molecular flexibility index (Phi) is 4.16. The molecule has 0 amide bonds. The molecule has 74 valence electrons. The quantitative estimate of drug-likeness (QED) is 0.517. The van der Waals surface area contributed by atoms with Crippen molar-refractivity contribution in [3.63, 3.8) is 0 Å². The summed E-state index contributed by atoms with van der Waals surface area (Å²) in [6.07, 6.45) is 0. The lowest BCUT2D eigenvalue weighted by atomic mass is 11.2. The molecule has 0 aromatic rings. The van der Waals surface area contributed by atoms with Crippen LogP contribution in [0.4, 0.5) is 0 Å². The molecule has 4 heteroatoms. The summed E-state index contributed by atoms with van der Waals surface area (Å²) in [4.78, 5) is 0. The van der Waals surface area contributed by atoms with Gasteiger partial charge in [0.25, 0.3) is 0 Å². The van der Waals surface area contributed by atoms with Crippen molar-refractivity contribution in [3.05, 3.63) is 0 Å². The first-order valence-electron chi connectivity index (χ1n) is 4.48. The molecule has 0 aliphatic heterocycles. The first-order valence-corrected chi connectivity index (χ1v) is 11.3. The lowest BCUT2D eigenvalue weighted by Gasteiger charge is -2.32. The first-order chi connectivity index (χ1) is 5.13. The van der Waals surface area contributed by atoms with Crippen molar-refractivity contribution in [2.75, 3.05) is 13.8 Å². The third-order valence-electron chi connectivity index (χ3n) is 1.84. The molecule has 0 spiro atoms. The first kappa shape index (κ1) is 12.4. The van der Waals surface area contributed by atoms with Crippen LogP contribution in [0.2, 0.25) is 39.3 Å². The monoisotopic (exact) mass is 205 g/mol. The molecule has 0 aliphatic rings. The number of hydrogen-bond donors (Lipinski definition) is 0. The van der Waals surface area contributed by atoms with E-state index in [0.717, 1.165) is 6.73 Å². The summed E-state index contributed by atoms with van der Waals surface area (Å²) in [5.74, 6) is 0. The van der Waals surface area contributed by atoms with Gasteiger partial charge in [-0.15, -0.1) is 0 Å². The van der Waals surface area contributed by atoms with Crippen LogP contribution in [-0.4, -0.2) is 34.9 Å². The van der Waals surface area contributed by atoms with Gasteiger partial charge in [0.05, 0.1) is 6.73 Å². The lowest BCUT2D eigenvalue weighted by Crippen LogP contribution is -2.46. The lowest BCUT2D eigenvalue weighted by molar-refractivity contribution is 0.210. The van der Waals surface area contributed by atoms with Gasteiger partial charge < -0.3 is 8.99 Å². The molecule has 12 heavy (non-hydrogen) atoms. The Balaban J connectivity index is 3.80. The average Bonchev–Trinajstić information content (AvgIpc) is 1.78. The van der Waals surface area contributed by atoms with Crippen molar-refractivity contribution in [2.45, 2.75) is 39.3 Å². The molecule has 0 rings (SSSR count). The highest BCUT2D eigenvalue weighted by Crippen LogP contribution is 2.09. The van der Waals surface area contributed by atoms with Gasteiger partial charge in [-0.25, -0.2) is 0 Å². The predicted molar refractivity (Wildman–Crippen MR) is 60.4 cm³/mol. The van der Waals surface area contributed by atoms with E-state index in [1.807, 2.05) is 0 Å². The SMILES string of the molecule is CN(CO[Si](C)(C)C)[Si](C)(C)C. The van der Waals surface area contributed by atoms with Crippen LogP contribution in [0.1, 0.15) is 0 Å². The maximum absolute atomic E-state index is 5.82. The van der Waals surface area contributed by atoms with Crippen LogP contribution in [0.3, 0.4) is 0 Å². The molecule has 0 bridgehead atoms. The molecule has 0 saturated carbocycles. The molecule has 0 aromatic heterocycles. The second-order valence-electron chi connectivity index (χ2n) is 5.25.